The number of carbonyl (C=O) groups is 1. The summed E-state index contributed by atoms with van der Waals surface area (Å²) in [5.74, 6) is -0.202. The van der Waals surface area contributed by atoms with Crippen molar-refractivity contribution in [3.05, 3.63) is 0 Å². The summed E-state index contributed by atoms with van der Waals surface area (Å²) in [6, 6.07) is 0.0147. The molecule has 0 saturated carbocycles. The first-order valence-corrected chi connectivity index (χ1v) is 6.25. The Morgan fingerprint density at radius 2 is 2.18 bits per heavy atom. The van der Waals surface area contributed by atoms with Crippen molar-refractivity contribution in [1.29, 1.82) is 0 Å². The van der Waals surface area contributed by atoms with Crippen LogP contribution in [-0.2, 0) is 14.3 Å². The maximum atomic E-state index is 11.2. The number of carbonyl (C=O) groups excluding carboxylic acids is 1. The van der Waals surface area contributed by atoms with E-state index in [0.717, 1.165) is 0 Å². The van der Waals surface area contributed by atoms with Gasteiger partial charge < -0.3 is 19.9 Å². The van der Waals surface area contributed by atoms with Gasteiger partial charge in [0.25, 0.3) is 0 Å². The maximum absolute atomic E-state index is 11.2. The van der Waals surface area contributed by atoms with Crippen LogP contribution in [0.15, 0.2) is 0 Å². The van der Waals surface area contributed by atoms with Crippen LogP contribution in [0.3, 0.4) is 0 Å². The molecule has 5 heteroatoms. The van der Waals surface area contributed by atoms with Gasteiger partial charge in [-0.2, -0.15) is 0 Å². The van der Waals surface area contributed by atoms with Crippen molar-refractivity contribution >= 4 is 5.97 Å². The van der Waals surface area contributed by atoms with Gasteiger partial charge in [0.05, 0.1) is 18.6 Å². The smallest absolute Gasteiger partial charge is 0.307 e. The number of hydrogen-bond acceptors (Lipinski definition) is 5. The molecular formula is C12H23NO4. The molecule has 0 aromatic carbocycles. The topological polar surface area (TPSA) is 67.8 Å². The Bertz CT molecular complexity index is 239. The summed E-state index contributed by atoms with van der Waals surface area (Å²) in [5, 5.41) is 13.4. The van der Waals surface area contributed by atoms with E-state index in [0.29, 0.717) is 45.6 Å². The number of ether oxygens (including phenoxy) is 2. The zero-order valence-corrected chi connectivity index (χ0v) is 10.7. The number of aliphatic hydroxyl groups is 1. The number of esters is 1. The van der Waals surface area contributed by atoms with E-state index < -0.39 is 5.60 Å². The fourth-order valence-corrected chi connectivity index (χ4v) is 1.83. The minimum Gasteiger partial charge on any atom is -0.466 e. The lowest BCUT2D eigenvalue weighted by Crippen LogP contribution is -2.47. The molecule has 1 fully saturated rings. The van der Waals surface area contributed by atoms with Crippen LogP contribution in [0.1, 0.15) is 33.1 Å². The second-order valence-corrected chi connectivity index (χ2v) is 4.63. The van der Waals surface area contributed by atoms with Gasteiger partial charge in [0.2, 0.25) is 0 Å². The van der Waals surface area contributed by atoms with Crippen molar-refractivity contribution in [2.45, 2.75) is 44.8 Å². The zero-order valence-electron chi connectivity index (χ0n) is 10.7. The van der Waals surface area contributed by atoms with E-state index in [1.807, 2.05) is 6.92 Å². The van der Waals surface area contributed by atoms with Crippen LogP contribution in [0.5, 0.6) is 0 Å². The second kappa shape index (κ2) is 6.93. The Morgan fingerprint density at radius 1 is 1.53 bits per heavy atom. The molecule has 0 aliphatic carbocycles. The summed E-state index contributed by atoms with van der Waals surface area (Å²) in [5.41, 5.74) is -0.693. The Hall–Kier alpha value is -0.650. The monoisotopic (exact) mass is 245 g/mol. The number of rotatable bonds is 6. The second-order valence-electron chi connectivity index (χ2n) is 4.63. The highest BCUT2D eigenvalue weighted by molar-refractivity contribution is 5.69. The molecule has 1 aliphatic rings. The summed E-state index contributed by atoms with van der Waals surface area (Å²) in [4.78, 5) is 11.2. The molecule has 5 nitrogen and oxygen atoms in total. The molecule has 1 aliphatic heterocycles. The summed E-state index contributed by atoms with van der Waals surface area (Å²) in [6.45, 7) is 5.82. The first-order valence-electron chi connectivity index (χ1n) is 6.25. The highest BCUT2D eigenvalue weighted by Gasteiger charge is 2.29. The van der Waals surface area contributed by atoms with Gasteiger partial charge in [-0.3, -0.25) is 4.79 Å². The van der Waals surface area contributed by atoms with Crippen molar-refractivity contribution in [2.24, 2.45) is 0 Å². The average Bonchev–Trinajstić information content (AvgIpc) is 2.28. The van der Waals surface area contributed by atoms with Crippen LogP contribution < -0.4 is 5.32 Å². The standard InChI is InChI=1S/C12H23NO4/c1-3-17-11(14)8-10(2)13-9-12(15)4-6-16-7-5-12/h10,13,15H,3-9H2,1-2H3. The van der Waals surface area contributed by atoms with E-state index in [1.54, 1.807) is 6.92 Å². The van der Waals surface area contributed by atoms with Gasteiger partial charge in [-0.05, 0) is 13.8 Å². The Kier molecular flexibility index (Phi) is 5.88. The Morgan fingerprint density at radius 3 is 2.76 bits per heavy atom. The van der Waals surface area contributed by atoms with Gasteiger partial charge in [0.1, 0.15) is 0 Å². The molecule has 17 heavy (non-hydrogen) atoms. The van der Waals surface area contributed by atoms with Crippen molar-refractivity contribution in [2.75, 3.05) is 26.4 Å². The molecule has 0 radical (unpaired) electrons. The molecule has 2 N–H and O–H groups in total. The number of nitrogens with one attached hydrogen (secondary N) is 1. The summed E-state index contributed by atoms with van der Waals surface area (Å²) in [7, 11) is 0. The molecule has 1 unspecified atom stereocenters. The van der Waals surface area contributed by atoms with E-state index in [4.69, 9.17) is 9.47 Å². The fourth-order valence-electron chi connectivity index (χ4n) is 1.83. The average molecular weight is 245 g/mol. The summed E-state index contributed by atoms with van der Waals surface area (Å²) in [6.07, 6.45) is 1.62. The van der Waals surface area contributed by atoms with E-state index in [1.165, 1.54) is 0 Å². The van der Waals surface area contributed by atoms with Crippen molar-refractivity contribution in [3.8, 4) is 0 Å². The SMILES string of the molecule is CCOC(=O)CC(C)NCC1(O)CCOCC1. The molecule has 0 bridgehead atoms. The van der Waals surface area contributed by atoms with Crippen LogP contribution in [0, 0.1) is 0 Å². The first kappa shape index (κ1) is 14.4. The van der Waals surface area contributed by atoms with Crippen molar-refractivity contribution in [1.82, 2.24) is 5.32 Å². The zero-order chi connectivity index (χ0) is 12.7. The minimum absolute atomic E-state index is 0.0147. The molecule has 1 heterocycles. The third-order valence-electron chi connectivity index (χ3n) is 2.98. The normalized spacial score (nSPS) is 20.9. The Labute approximate surface area is 102 Å². The van der Waals surface area contributed by atoms with Crippen molar-refractivity contribution < 1.29 is 19.4 Å². The molecular weight excluding hydrogens is 222 g/mol. The van der Waals surface area contributed by atoms with Gasteiger partial charge in [-0.25, -0.2) is 0 Å². The van der Waals surface area contributed by atoms with Crippen LogP contribution in [0.25, 0.3) is 0 Å². The van der Waals surface area contributed by atoms with E-state index in [2.05, 4.69) is 5.32 Å². The molecule has 1 rings (SSSR count). The van der Waals surface area contributed by atoms with Crippen molar-refractivity contribution in [3.63, 3.8) is 0 Å². The molecule has 0 aromatic heterocycles. The lowest BCUT2D eigenvalue weighted by molar-refractivity contribution is -0.143. The highest BCUT2D eigenvalue weighted by Crippen LogP contribution is 2.19. The molecule has 1 atom stereocenters. The predicted molar refractivity (Wildman–Crippen MR) is 63.7 cm³/mol. The van der Waals surface area contributed by atoms with Gasteiger partial charge >= 0.3 is 5.97 Å². The van der Waals surface area contributed by atoms with Crippen LogP contribution in [0.2, 0.25) is 0 Å². The molecule has 1 saturated heterocycles. The van der Waals surface area contributed by atoms with Gasteiger partial charge in [0.15, 0.2) is 0 Å². The van der Waals surface area contributed by atoms with Gasteiger partial charge in [-0.1, -0.05) is 0 Å². The molecule has 0 amide bonds. The quantitative estimate of drug-likeness (QED) is 0.665. The van der Waals surface area contributed by atoms with Crippen LogP contribution >= 0.6 is 0 Å². The largest absolute Gasteiger partial charge is 0.466 e. The lowest BCUT2D eigenvalue weighted by Gasteiger charge is -2.33. The highest BCUT2D eigenvalue weighted by atomic mass is 16.5. The van der Waals surface area contributed by atoms with Crippen LogP contribution in [0.4, 0.5) is 0 Å². The van der Waals surface area contributed by atoms with E-state index >= 15 is 0 Å². The third-order valence-corrected chi connectivity index (χ3v) is 2.98. The summed E-state index contributed by atoms with van der Waals surface area (Å²) >= 11 is 0. The molecule has 100 valence electrons. The predicted octanol–water partition coefficient (Wildman–Crippen LogP) is 0.459. The molecule has 0 spiro atoms. The van der Waals surface area contributed by atoms with Gasteiger partial charge in [0, 0.05) is 38.6 Å². The minimum atomic E-state index is -0.693. The molecule has 0 aromatic rings. The van der Waals surface area contributed by atoms with Crippen LogP contribution in [-0.4, -0.2) is 49.1 Å². The first-order chi connectivity index (χ1) is 8.06. The van der Waals surface area contributed by atoms with Gasteiger partial charge in [-0.15, -0.1) is 0 Å². The van der Waals surface area contributed by atoms with E-state index in [-0.39, 0.29) is 12.0 Å². The number of hydrogen-bond donors (Lipinski definition) is 2. The lowest BCUT2D eigenvalue weighted by atomic mass is 9.94. The Balaban J connectivity index is 2.22. The maximum Gasteiger partial charge on any atom is 0.307 e. The third kappa shape index (κ3) is 5.48. The fraction of sp³-hybridized carbons (Fsp3) is 0.917. The van der Waals surface area contributed by atoms with E-state index in [9.17, 15) is 9.90 Å². The summed E-state index contributed by atoms with van der Waals surface area (Å²) < 4.78 is 10.1.